The van der Waals surface area contributed by atoms with Gasteiger partial charge in [0.2, 0.25) is 0 Å². The molecule has 74 valence electrons. The van der Waals surface area contributed by atoms with Crippen molar-refractivity contribution < 1.29 is 14.6 Å². The van der Waals surface area contributed by atoms with E-state index in [4.69, 9.17) is 9.84 Å². The number of rotatable bonds is 3. The Bertz CT molecular complexity index is 228. The van der Waals surface area contributed by atoms with Gasteiger partial charge >= 0.3 is 5.97 Å². The Morgan fingerprint density at radius 3 is 2.85 bits per heavy atom. The largest absolute Gasteiger partial charge is 0.501 e. The number of carboxylic acids is 1. The quantitative estimate of drug-likeness (QED) is 0.731. The molecule has 0 aromatic rings. The molecule has 0 aromatic carbocycles. The minimum atomic E-state index is -0.751. The predicted octanol–water partition coefficient (Wildman–Crippen LogP) is 2.18. The van der Waals surface area contributed by atoms with Crippen LogP contribution in [-0.4, -0.2) is 17.7 Å². The molecule has 1 rings (SSSR count). The Kier molecular flexibility index (Phi) is 2.96. The molecule has 0 atom stereocenters. The van der Waals surface area contributed by atoms with Gasteiger partial charge in [0.1, 0.15) is 0 Å². The van der Waals surface area contributed by atoms with Gasteiger partial charge in [-0.1, -0.05) is 0 Å². The molecule has 1 aliphatic heterocycles. The predicted molar refractivity (Wildman–Crippen MR) is 49.3 cm³/mol. The van der Waals surface area contributed by atoms with E-state index in [1.807, 2.05) is 0 Å². The molecule has 1 aliphatic rings. The normalized spacial score (nSPS) is 17.5. The Morgan fingerprint density at radius 2 is 2.38 bits per heavy atom. The summed E-state index contributed by atoms with van der Waals surface area (Å²) < 4.78 is 5.15. The van der Waals surface area contributed by atoms with Crippen LogP contribution in [0, 0.1) is 5.41 Å². The number of allylic oxidation sites excluding steroid dienone is 1. The average Bonchev–Trinajstić information content (AvgIpc) is 2.05. The van der Waals surface area contributed by atoms with Gasteiger partial charge in [-0.25, -0.2) is 0 Å². The number of carbonyl (C=O) groups is 1. The molecule has 1 N–H and O–H groups in total. The Labute approximate surface area is 78.4 Å². The fourth-order valence-electron chi connectivity index (χ4n) is 1.39. The molecule has 0 spiro atoms. The Hall–Kier alpha value is -0.990. The lowest BCUT2D eigenvalue weighted by Crippen LogP contribution is -2.24. The zero-order valence-electron chi connectivity index (χ0n) is 8.17. The van der Waals surface area contributed by atoms with Gasteiger partial charge in [-0.15, -0.1) is 0 Å². The van der Waals surface area contributed by atoms with Crippen molar-refractivity contribution in [3.05, 3.63) is 11.8 Å². The number of aliphatic carboxylic acids is 1. The topological polar surface area (TPSA) is 46.5 Å². The van der Waals surface area contributed by atoms with Crippen LogP contribution in [0.5, 0.6) is 0 Å². The first-order valence-electron chi connectivity index (χ1n) is 4.55. The highest BCUT2D eigenvalue weighted by Gasteiger charge is 2.28. The SMILES string of the molecule is CC(C)(CC1=COCCC1)C(=O)O. The number of carboxylic acid groups (broad SMARTS) is 1. The van der Waals surface area contributed by atoms with E-state index in [9.17, 15) is 4.79 Å². The fourth-order valence-corrected chi connectivity index (χ4v) is 1.39. The maximum Gasteiger partial charge on any atom is 0.309 e. The number of ether oxygens (including phenoxy) is 1. The summed E-state index contributed by atoms with van der Waals surface area (Å²) in [5.74, 6) is -0.751. The second-order valence-electron chi connectivity index (χ2n) is 4.12. The lowest BCUT2D eigenvalue weighted by Gasteiger charge is -2.22. The van der Waals surface area contributed by atoms with Gasteiger partial charge in [-0.05, 0) is 38.7 Å². The summed E-state index contributed by atoms with van der Waals surface area (Å²) in [4.78, 5) is 10.8. The first kappa shape index (κ1) is 10.1. The van der Waals surface area contributed by atoms with E-state index in [1.165, 1.54) is 0 Å². The van der Waals surface area contributed by atoms with E-state index < -0.39 is 11.4 Å². The van der Waals surface area contributed by atoms with Crippen LogP contribution in [-0.2, 0) is 9.53 Å². The van der Waals surface area contributed by atoms with Crippen molar-refractivity contribution in [2.45, 2.75) is 33.1 Å². The summed E-state index contributed by atoms with van der Waals surface area (Å²) >= 11 is 0. The summed E-state index contributed by atoms with van der Waals surface area (Å²) in [6.45, 7) is 4.24. The first-order chi connectivity index (χ1) is 6.02. The van der Waals surface area contributed by atoms with Crippen LogP contribution in [0.25, 0.3) is 0 Å². The lowest BCUT2D eigenvalue weighted by molar-refractivity contribution is -0.146. The second-order valence-corrected chi connectivity index (χ2v) is 4.12. The molecule has 0 saturated heterocycles. The smallest absolute Gasteiger partial charge is 0.309 e. The summed E-state index contributed by atoms with van der Waals surface area (Å²) in [6, 6.07) is 0. The third kappa shape index (κ3) is 2.76. The summed E-state index contributed by atoms with van der Waals surface area (Å²) in [5.41, 5.74) is 0.436. The van der Waals surface area contributed by atoms with Crippen molar-refractivity contribution in [1.29, 1.82) is 0 Å². The van der Waals surface area contributed by atoms with E-state index in [0.29, 0.717) is 6.42 Å². The van der Waals surface area contributed by atoms with E-state index in [-0.39, 0.29) is 0 Å². The maximum atomic E-state index is 10.8. The molecule has 0 unspecified atom stereocenters. The zero-order chi connectivity index (χ0) is 9.90. The van der Waals surface area contributed by atoms with Gasteiger partial charge in [-0.2, -0.15) is 0 Å². The molecule has 0 aliphatic carbocycles. The van der Waals surface area contributed by atoms with E-state index >= 15 is 0 Å². The van der Waals surface area contributed by atoms with E-state index in [2.05, 4.69) is 0 Å². The summed E-state index contributed by atoms with van der Waals surface area (Å²) in [6.07, 6.45) is 4.27. The van der Waals surface area contributed by atoms with Crippen LogP contribution in [0.4, 0.5) is 0 Å². The molecule has 0 amide bonds. The second kappa shape index (κ2) is 3.81. The molecule has 0 saturated carbocycles. The van der Waals surface area contributed by atoms with Crippen molar-refractivity contribution in [1.82, 2.24) is 0 Å². The highest BCUT2D eigenvalue weighted by atomic mass is 16.5. The van der Waals surface area contributed by atoms with Crippen molar-refractivity contribution in [2.24, 2.45) is 5.41 Å². The van der Waals surface area contributed by atoms with E-state index in [1.54, 1.807) is 20.1 Å². The molecule has 0 radical (unpaired) electrons. The molecule has 0 bridgehead atoms. The van der Waals surface area contributed by atoms with Gasteiger partial charge < -0.3 is 9.84 Å². The summed E-state index contributed by atoms with van der Waals surface area (Å²) in [5, 5.41) is 8.90. The highest BCUT2D eigenvalue weighted by Crippen LogP contribution is 2.29. The van der Waals surface area contributed by atoms with E-state index in [0.717, 1.165) is 25.0 Å². The standard InChI is InChI=1S/C10H16O3/c1-10(2,9(11)12)6-8-4-3-5-13-7-8/h7H,3-6H2,1-2H3,(H,11,12). The molecule has 3 nitrogen and oxygen atoms in total. The Morgan fingerprint density at radius 1 is 1.69 bits per heavy atom. The molecule has 13 heavy (non-hydrogen) atoms. The Balaban J connectivity index is 2.56. The number of hydrogen-bond donors (Lipinski definition) is 1. The van der Waals surface area contributed by atoms with Crippen LogP contribution in [0.1, 0.15) is 33.1 Å². The first-order valence-corrected chi connectivity index (χ1v) is 4.55. The fraction of sp³-hybridized carbons (Fsp3) is 0.700. The van der Waals surface area contributed by atoms with Crippen molar-refractivity contribution in [3.8, 4) is 0 Å². The van der Waals surface area contributed by atoms with Crippen molar-refractivity contribution in [3.63, 3.8) is 0 Å². The maximum absolute atomic E-state index is 10.8. The monoisotopic (exact) mass is 184 g/mol. The van der Waals surface area contributed by atoms with Gasteiger partial charge in [-0.3, -0.25) is 4.79 Å². The van der Waals surface area contributed by atoms with Gasteiger partial charge in [0, 0.05) is 0 Å². The highest BCUT2D eigenvalue weighted by molar-refractivity contribution is 5.74. The molecule has 0 fully saturated rings. The van der Waals surface area contributed by atoms with Gasteiger partial charge in [0.05, 0.1) is 18.3 Å². The molecular formula is C10H16O3. The van der Waals surface area contributed by atoms with Crippen LogP contribution < -0.4 is 0 Å². The zero-order valence-corrected chi connectivity index (χ0v) is 8.17. The molecular weight excluding hydrogens is 168 g/mol. The minimum Gasteiger partial charge on any atom is -0.501 e. The van der Waals surface area contributed by atoms with Crippen LogP contribution in [0.2, 0.25) is 0 Å². The van der Waals surface area contributed by atoms with Gasteiger partial charge in [0.15, 0.2) is 0 Å². The van der Waals surface area contributed by atoms with Crippen LogP contribution >= 0.6 is 0 Å². The number of hydrogen-bond acceptors (Lipinski definition) is 2. The average molecular weight is 184 g/mol. The summed E-state index contributed by atoms with van der Waals surface area (Å²) in [7, 11) is 0. The van der Waals surface area contributed by atoms with Crippen molar-refractivity contribution >= 4 is 5.97 Å². The molecule has 0 aromatic heterocycles. The van der Waals surface area contributed by atoms with Crippen molar-refractivity contribution in [2.75, 3.05) is 6.61 Å². The lowest BCUT2D eigenvalue weighted by atomic mass is 9.84. The minimum absolute atomic E-state index is 0.586. The van der Waals surface area contributed by atoms with Crippen LogP contribution in [0.15, 0.2) is 11.8 Å². The van der Waals surface area contributed by atoms with Gasteiger partial charge in [0.25, 0.3) is 0 Å². The third-order valence-corrected chi connectivity index (χ3v) is 2.26. The molecule has 3 heteroatoms. The molecule has 1 heterocycles. The third-order valence-electron chi connectivity index (χ3n) is 2.26. The van der Waals surface area contributed by atoms with Crippen LogP contribution in [0.3, 0.4) is 0 Å².